The van der Waals surface area contributed by atoms with Crippen molar-refractivity contribution in [3.63, 3.8) is 0 Å². The predicted molar refractivity (Wildman–Crippen MR) is 57.7 cm³/mol. The largest absolute Gasteiger partial charge is 0.396 e. The van der Waals surface area contributed by atoms with Crippen molar-refractivity contribution in [2.24, 2.45) is 7.05 Å². The summed E-state index contributed by atoms with van der Waals surface area (Å²) >= 11 is 0. The monoisotopic (exact) mass is 223 g/mol. The van der Waals surface area contributed by atoms with E-state index in [4.69, 9.17) is 5.73 Å². The molecular formula is C11H11F2N3. The van der Waals surface area contributed by atoms with Crippen LogP contribution in [0, 0.1) is 18.6 Å². The Hall–Kier alpha value is -1.91. The van der Waals surface area contributed by atoms with E-state index in [1.807, 2.05) is 0 Å². The molecule has 84 valence electrons. The summed E-state index contributed by atoms with van der Waals surface area (Å²) in [7, 11) is 1.59. The van der Waals surface area contributed by atoms with Crippen LogP contribution in [0.25, 0.3) is 11.3 Å². The molecule has 5 heteroatoms. The Morgan fingerprint density at radius 2 is 1.81 bits per heavy atom. The SMILES string of the molecule is Cc1cc(F)c(-c2c(N)cnn2C)c(F)c1. The van der Waals surface area contributed by atoms with Crippen molar-refractivity contribution < 1.29 is 8.78 Å². The molecule has 3 nitrogen and oxygen atoms in total. The van der Waals surface area contributed by atoms with Gasteiger partial charge in [0.1, 0.15) is 11.6 Å². The lowest BCUT2D eigenvalue weighted by molar-refractivity contribution is 0.583. The molecule has 0 saturated carbocycles. The highest BCUT2D eigenvalue weighted by Crippen LogP contribution is 2.30. The highest BCUT2D eigenvalue weighted by atomic mass is 19.1. The number of aryl methyl sites for hydroxylation is 2. The van der Waals surface area contributed by atoms with Gasteiger partial charge in [0.25, 0.3) is 0 Å². The van der Waals surface area contributed by atoms with Gasteiger partial charge in [-0.1, -0.05) is 0 Å². The summed E-state index contributed by atoms with van der Waals surface area (Å²) in [4.78, 5) is 0. The van der Waals surface area contributed by atoms with Crippen LogP contribution in [-0.2, 0) is 7.05 Å². The van der Waals surface area contributed by atoms with E-state index in [1.54, 1.807) is 14.0 Å². The van der Waals surface area contributed by atoms with Crippen LogP contribution in [0.15, 0.2) is 18.3 Å². The van der Waals surface area contributed by atoms with Crippen molar-refractivity contribution in [3.8, 4) is 11.3 Å². The fraction of sp³-hybridized carbons (Fsp3) is 0.182. The van der Waals surface area contributed by atoms with Gasteiger partial charge in [-0.05, 0) is 24.6 Å². The van der Waals surface area contributed by atoms with Crippen molar-refractivity contribution in [2.45, 2.75) is 6.92 Å². The minimum atomic E-state index is -0.632. The Balaban J connectivity index is 2.74. The van der Waals surface area contributed by atoms with E-state index in [1.165, 1.54) is 23.0 Å². The lowest BCUT2D eigenvalue weighted by atomic mass is 10.1. The minimum Gasteiger partial charge on any atom is -0.396 e. The first-order valence-corrected chi connectivity index (χ1v) is 4.74. The second-order valence-electron chi connectivity index (χ2n) is 3.68. The van der Waals surface area contributed by atoms with E-state index in [2.05, 4.69) is 5.10 Å². The highest BCUT2D eigenvalue weighted by Gasteiger charge is 2.18. The molecule has 0 aliphatic rings. The van der Waals surface area contributed by atoms with Gasteiger partial charge >= 0.3 is 0 Å². The number of aromatic nitrogens is 2. The van der Waals surface area contributed by atoms with Crippen molar-refractivity contribution in [2.75, 3.05) is 5.73 Å². The molecule has 0 atom stereocenters. The van der Waals surface area contributed by atoms with Gasteiger partial charge in [0.15, 0.2) is 0 Å². The van der Waals surface area contributed by atoms with E-state index in [9.17, 15) is 8.78 Å². The van der Waals surface area contributed by atoms with E-state index >= 15 is 0 Å². The average molecular weight is 223 g/mol. The second kappa shape index (κ2) is 3.59. The number of nitrogens with zero attached hydrogens (tertiary/aromatic N) is 2. The van der Waals surface area contributed by atoms with Gasteiger partial charge in [0.05, 0.1) is 23.1 Å². The highest BCUT2D eigenvalue weighted by molar-refractivity contribution is 5.73. The summed E-state index contributed by atoms with van der Waals surface area (Å²) in [5.41, 5.74) is 6.54. The lowest BCUT2D eigenvalue weighted by Gasteiger charge is -2.07. The summed E-state index contributed by atoms with van der Waals surface area (Å²) in [5.74, 6) is -1.26. The smallest absolute Gasteiger partial charge is 0.135 e. The van der Waals surface area contributed by atoms with Crippen LogP contribution >= 0.6 is 0 Å². The molecule has 1 aromatic carbocycles. The first kappa shape index (κ1) is 10.6. The van der Waals surface area contributed by atoms with E-state index in [0.717, 1.165) is 0 Å². The number of hydrogen-bond donors (Lipinski definition) is 1. The first-order chi connectivity index (χ1) is 7.50. The Kier molecular flexibility index (Phi) is 2.38. The molecular weight excluding hydrogens is 212 g/mol. The predicted octanol–water partition coefficient (Wildman–Crippen LogP) is 2.26. The molecule has 16 heavy (non-hydrogen) atoms. The molecule has 2 N–H and O–H groups in total. The summed E-state index contributed by atoms with van der Waals surface area (Å²) in [6.07, 6.45) is 1.37. The first-order valence-electron chi connectivity index (χ1n) is 4.74. The molecule has 0 spiro atoms. The fourth-order valence-corrected chi connectivity index (χ4v) is 1.69. The molecule has 2 aromatic rings. The van der Waals surface area contributed by atoms with E-state index < -0.39 is 11.6 Å². The van der Waals surface area contributed by atoms with Gasteiger partial charge in [-0.3, -0.25) is 4.68 Å². The molecule has 0 unspecified atom stereocenters. The normalized spacial score (nSPS) is 10.8. The molecule has 0 bridgehead atoms. The summed E-state index contributed by atoms with van der Waals surface area (Å²) in [6, 6.07) is 2.54. The van der Waals surface area contributed by atoms with Crippen LogP contribution in [0.4, 0.5) is 14.5 Å². The molecule has 1 aromatic heterocycles. The minimum absolute atomic E-state index is 0.136. The van der Waals surface area contributed by atoms with Gasteiger partial charge < -0.3 is 5.73 Å². The molecule has 0 radical (unpaired) electrons. The fourth-order valence-electron chi connectivity index (χ4n) is 1.69. The standard InChI is InChI=1S/C11H11F2N3/c1-6-3-7(12)10(8(13)4-6)11-9(14)5-15-16(11)2/h3-5H,14H2,1-2H3. The summed E-state index contributed by atoms with van der Waals surface area (Å²) in [6.45, 7) is 1.63. The third-order valence-corrected chi connectivity index (χ3v) is 2.39. The summed E-state index contributed by atoms with van der Waals surface area (Å²) in [5, 5.41) is 3.86. The molecule has 1 heterocycles. The maximum absolute atomic E-state index is 13.7. The van der Waals surface area contributed by atoms with Gasteiger partial charge in [0, 0.05) is 7.05 Å². The maximum Gasteiger partial charge on any atom is 0.135 e. The molecule has 0 saturated heterocycles. The van der Waals surface area contributed by atoms with Gasteiger partial charge in [0.2, 0.25) is 0 Å². The van der Waals surface area contributed by atoms with Crippen molar-refractivity contribution in [1.82, 2.24) is 9.78 Å². The van der Waals surface area contributed by atoms with Gasteiger partial charge in [-0.15, -0.1) is 0 Å². The van der Waals surface area contributed by atoms with Crippen LogP contribution in [-0.4, -0.2) is 9.78 Å². The topological polar surface area (TPSA) is 43.8 Å². The van der Waals surface area contributed by atoms with Crippen molar-refractivity contribution in [1.29, 1.82) is 0 Å². The number of anilines is 1. The zero-order valence-corrected chi connectivity index (χ0v) is 8.96. The van der Waals surface area contributed by atoms with Crippen LogP contribution in [0.2, 0.25) is 0 Å². The van der Waals surface area contributed by atoms with Crippen LogP contribution in [0.1, 0.15) is 5.56 Å². The van der Waals surface area contributed by atoms with Crippen LogP contribution in [0.5, 0.6) is 0 Å². The molecule has 0 amide bonds. The number of halogens is 2. The zero-order chi connectivity index (χ0) is 11.9. The third kappa shape index (κ3) is 1.54. The summed E-state index contributed by atoms with van der Waals surface area (Å²) < 4.78 is 28.7. The number of nitrogens with two attached hydrogens (primary N) is 1. The number of nitrogen functional groups attached to an aromatic ring is 1. The van der Waals surface area contributed by atoms with E-state index in [0.29, 0.717) is 5.56 Å². The number of rotatable bonds is 1. The molecule has 0 fully saturated rings. The lowest BCUT2D eigenvalue weighted by Crippen LogP contribution is -2.01. The molecule has 2 rings (SSSR count). The Morgan fingerprint density at radius 1 is 1.25 bits per heavy atom. The van der Waals surface area contributed by atoms with Crippen LogP contribution in [0.3, 0.4) is 0 Å². The maximum atomic E-state index is 13.7. The van der Waals surface area contributed by atoms with Crippen molar-refractivity contribution >= 4 is 5.69 Å². The molecule has 0 aliphatic carbocycles. The molecule has 0 aliphatic heterocycles. The Morgan fingerprint density at radius 3 is 2.25 bits per heavy atom. The van der Waals surface area contributed by atoms with Gasteiger partial charge in [-0.2, -0.15) is 5.10 Å². The van der Waals surface area contributed by atoms with E-state index in [-0.39, 0.29) is 16.9 Å². The van der Waals surface area contributed by atoms with Crippen LogP contribution < -0.4 is 5.73 Å². The Bertz CT molecular complexity index is 504. The van der Waals surface area contributed by atoms with Crippen molar-refractivity contribution in [3.05, 3.63) is 35.5 Å². The third-order valence-electron chi connectivity index (χ3n) is 2.39. The van der Waals surface area contributed by atoms with Gasteiger partial charge in [-0.25, -0.2) is 8.78 Å². The average Bonchev–Trinajstić information content (AvgIpc) is 2.47. The quantitative estimate of drug-likeness (QED) is 0.805. The Labute approximate surface area is 91.5 Å². The number of benzene rings is 1. The second-order valence-corrected chi connectivity index (χ2v) is 3.68. The number of hydrogen-bond acceptors (Lipinski definition) is 2. The zero-order valence-electron chi connectivity index (χ0n) is 8.96.